The summed E-state index contributed by atoms with van der Waals surface area (Å²) >= 11 is 0. The van der Waals surface area contributed by atoms with Crippen LogP contribution in [-0.2, 0) is 30.4 Å². The summed E-state index contributed by atoms with van der Waals surface area (Å²) in [5.74, 6) is -3.41. The topological polar surface area (TPSA) is 224 Å². The van der Waals surface area contributed by atoms with Gasteiger partial charge in [-0.25, -0.2) is 4.98 Å². The van der Waals surface area contributed by atoms with Gasteiger partial charge in [0, 0.05) is 49.2 Å². The summed E-state index contributed by atoms with van der Waals surface area (Å²) in [6.45, 7) is 7.42. The molecule has 55 heavy (non-hydrogen) atoms. The first-order chi connectivity index (χ1) is 26.4. The zero-order chi connectivity index (χ0) is 39.6. The highest BCUT2D eigenvalue weighted by atomic mass is 16.5. The first kappa shape index (κ1) is 40.7. The van der Waals surface area contributed by atoms with Crippen molar-refractivity contribution in [3.63, 3.8) is 0 Å². The number of para-hydroxylation sites is 1. The van der Waals surface area contributed by atoms with E-state index >= 15 is 0 Å². The monoisotopic (exact) mass is 760 g/mol. The lowest BCUT2D eigenvalue weighted by Gasteiger charge is -2.30. The zero-order valence-electron chi connectivity index (χ0n) is 31.7. The normalized spacial score (nSPS) is 24.8. The molecular formula is C39H52N8O8. The number of pyridine rings is 1. The Kier molecular flexibility index (Phi) is 13.8. The molecule has 0 saturated carbocycles. The predicted molar refractivity (Wildman–Crippen MR) is 203 cm³/mol. The number of rotatable bonds is 8. The third-order valence-corrected chi connectivity index (χ3v) is 9.81. The number of aliphatic hydroxyl groups is 1. The van der Waals surface area contributed by atoms with Crippen LogP contribution in [-0.4, -0.2) is 111 Å². The van der Waals surface area contributed by atoms with Gasteiger partial charge in [0.05, 0.1) is 12.7 Å². The van der Waals surface area contributed by atoms with Gasteiger partial charge < -0.3 is 46.3 Å². The van der Waals surface area contributed by atoms with Crippen molar-refractivity contribution in [1.29, 1.82) is 0 Å². The van der Waals surface area contributed by atoms with Crippen molar-refractivity contribution in [3.8, 4) is 5.88 Å². The Morgan fingerprint density at radius 2 is 1.75 bits per heavy atom. The summed E-state index contributed by atoms with van der Waals surface area (Å²) < 4.78 is 5.51. The van der Waals surface area contributed by atoms with E-state index in [1.165, 1.54) is 24.1 Å². The minimum absolute atomic E-state index is 0.0312. The molecule has 2 aliphatic heterocycles. The van der Waals surface area contributed by atoms with E-state index in [1.54, 1.807) is 19.2 Å². The second kappa shape index (κ2) is 18.7. The summed E-state index contributed by atoms with van der Waals surface area (Å²) in [6, 6.07) is 5.18. The zero-order valence-corrected chi connectivity index (χ0v) is 31.7. The Labute approximate surface area is 319 Å². The maximum atomic E-state index is 14.2. The Bertz CT molecular complexity index is 1860. The van der Waals surface area contributed by atoms with Crippen molar-refractivity contribution in [3.05, 3.63) is 59.9 Å². The molecule has 6 atom stereocenters. The molecule has 0 unspecified atom stereocenters. The van der Waals surface area contributed by atoms with E-state index < -0.39 is 71.8 Å². The van der Waals surface area contributed by atoms with E-state index in [-0.39, 0.29) is 62.7 Å². The molecule has 2 fully saturated rings. The molecule has 6 amide bonds. The minimum atomic E-state index is -1.18. The molecule has 2 aliphatic rings. The second-order valence-electron chi connectivity index (χ2n) is 14.5. The number of benzene rings is 1. The molecule has 3 aromatic rings. The number of carbonyl (C=O) groups excluding carboxylic acids is 6. The van der Waals surface area contributed by atoms with Crippen LogP contribution in [0.25, 0.3) is 10.9 Å². The number of nitrogens with one attached hydrogen (secondary N) is 6. The predicted octanol–water partition coefficient (Wildman–Crippen LogP) is 1.09. The number of nitrogens with zero attached hydrogens (tertiary/aromatic N) is 2. The molecule has 0 spiro atoms. The van der Waals surface area contributed by atoms with Crippen LogP contribution < -0.4 is 31.3 Å². The van der Waals surface area contributed by atoms with Crippen molar-refractivity contribution >= 4 is 46.3 Å². The molecule has 2 saturated heterocycles. The number of H-pyrrole nitrogens is 1. The Balaban J connectivity index is 1.45. The van der Waals surface area contributed by atoms with E-state index in [4.69, 9.17) is 4.74 Å². The molecule has 0 aliphatic carbocycles. The molecule has 0 radical (unpaired) electrons. The molecule has 5 rings (SSSR count). The van der Waals surface area contributed by atoms with Gasteiger partial charge in [-0.05, 0) is 69.2 Å². The average molecular weight is 761 g/mol. The highest BCUT2D eigenvalue weighted by molar-refractivity contribution is 6.00. The fourth-order valence-corrected chi connectivity index (χ4v) is 7.00. The fraction of sp³-hybridized carbons (Fsp3) is 0.513. The van der Waals surface area contributed by atoms with Gasteiger partial charge in [0.2, 0.25) is 35.4 Å². The van der Waals surface area contributed by atoms with E-state index in [0.29, 0.717) is 12.8 Å². The maximum absolute atomic E-state index is 14.2. The molecule has 2 aromatic heterocycles. The van der Waals surface area contributed by atoms with Crippen LogP contribution in [0.15, 0.2) is 48.8 Å². The third-order valence-electron chi connectivity index (χ3n) is 9.81. The largest absolute Gasteiger partial charge is 0.477 e. The fourth-order valence-electron chi connectivity index (χ4n) is 7.00. The van der Waals surface area contributed by atoms with Crippen molar-refractivity contribution < 1.29 is 38.6 Å². The van der Waals surface area contributed by atoms with E-state index in [1.807, 2.05) is 38.1 Å². The maximum Gasteiger partial charge on any atom is 0.257 e. The summed E-state index contributed by atoms with van der Waals surface area (Å²) in [7, 11) is 0. The summed E-state index contributed by atoms with van der Waals surface area (Å²) in [6.07, 6.45) is 3.58. The summed E-state index contributed by atoms with van der Waals surface area (Å²) in [5.41, 5.74) is 1.70. The molecular weight excluding hydrogens is 708 g/mol. The number of carbonyl (C=O) groups is 6. The smallest absolute Gasteiger partial charge is 0.257 e. The standard InChI is InChI=1S/C39H52N8O8/c1-5-55-38-27(12-10-16-41-38)34(50)44-29-14-8-9-15-40-37(53)32-19-25(48)21-47(32)39(54)31(17-22(2)3)46-36(52)30(45-33(49)23(4)43-35(29)51)18-24-20-42-28-13-7-6-11-26(24)28/h6-7,10-13,16,20,22-23,25,29-32,42,48H,5,8-9,14-15,17-19,21H2,1-4H3,(H,40,53)(H,43,51)(H,44,50)(H,45,49)(H,46,52)/t23-,25-,29+,30+,31-,32+/m1/s1. The highest BCUT2D eigenvalue weighted by Crippen LogP contribution is 2.23. The summed E-state index contributed by atoms with van der Waals surface area (Å²) in [4.78, 5) is 91.3. The van der Waals surface area contributed by atoms with Gasteiger partial charge in [0.15, 0.2) is 0 Å². The van der Waals surface area contributed by atoms with Gasteiger partial charge in [-0.15, -0.1) is 0 Å². The molecule has 16 heteroatoms. The van der Waals surface area contributed by atoms with E-state index in [2.05, 4.69) is 36.6 Å². The molecule has 296 valence electrons. The number of amides is 6. The molecule has 1 aromatic carbocycles. The minimum Gasteiger partial charge on any atom is -0.477 e. The van der Waals surface area contributed by atoms with Crippen LogP contribution >= 0.6 is 0 Å². The third kappa shape index (κ3) is 10.4. The van der Waals surface area contributed by atoms with E-state index in [0.717, 1.165) is 16.5 Å². The van der Waals surface area contributed by atoms with Crippen LogP contribution in [0.4, 0.5) is 0 Å². The first-order valence-corrected chi connectivity index (χ1v) is 19.0. The Morgan fingerprint density at radius 1 is 0.982 bits per heavy atom. The molecule has 4 heterocycles. The Hall–Kier alpha value is -5.51. The molecule has 7 N–H and O–H groups in total. The van der Waals surface area contributed by atoms with Crippen molar-refractivity contribution in [1.82, 2.24) is 41.5 Å². The SMILES string of the molecule is CCOc1ncccc1C(=O)N[C@H]1CCCCNC(=O)[C@@H]2C[C@@H](O)CN2C(=O)[C@@H](CC(C)C)NC(=O)[C@H](Cc2c[nH]c3ccccc23)NC(=O)[C@@H](C)NC1=O. The quantitative estimate of drug-likeness (QED) is 0.174. The average Bonchev–Trinajstić information content (AvgIpc) is 3.76. The van der Waals surface area contributed by atoms with Crippen LogP contribution in [0, 0.1) is 5.92 Å². The Morgan fingerprint density at radius 3 is 2.51 bits per heavy atom. The van der Waals surface area contributed by atoms with Crippen LogP contribution in [0.5, 0.6) is 5.88 Å². The van der Waals surface area contributed by atoms with Gasteiger partial charge in [0.25, 0.3) is 5.91 Å². The number of fused-ring (bicyclic) bond motifs is 2. The summed E-state index contributed by atoms with van der Waals surface area (Å²) in [5, 5.41) is 25.4. The molecule has 0 bridgehead atoms. The van der Waals surface area contributed by atoms with Gasteiger partial charge in [-0.1, -0.05) is 32.0 Å². The number of ether oxygens (including phenoxy) is 1. The first-order valence-electron chi connectivity index (χ1n) is 19.0. The van der Waals surface area contributed by atoms with Gasteiger partial charge in [-0.2, -0.15) is 0 Å². The van der Waals surface area contributed by atoms with Crippen LogP contribution in [0.2, 0.25) is 0 Å². The highest BCUT2D eigenvalue weighted by Gasteiger charge is 2.42. The number of hydrogen-bond acceptors (Lipinski definition) is 9. The van der Waals surface area contributed by atoms with Crippen molar-refractivity contribution in [2.45, 2.75) is 103 Å². The van der Waals surface area contributed by atoms with Gasteiger partial charge >= 0.3 is 0 Å². The lowest BCUT2D eigenvalue weighted by atomic mass is 10.00. The number of aromatic nitrogens is 2. The molecule has 16 nitrogen and oxygen atoms in total. The van der Waals surface area contributed by atoms with Gasteiger partial charge in [0.1, 0.15) is 35.8 Å². The number of hydrogen-bond donors (Lipinski definition) is 7. The van der Waals surface area contributed by atoms with Gasteiger partial charge in [-0.3, -0.25) is 28.8 Å². The van der Waals surface area contributed by atoms with Crippen LogP contribution in [0.3, 0.4) is 0 Å². The second-order valence-corrected chi connectivity index (χ2v) is 14.5. The lowest BCUT2D eigenvalue weighted by Crippen LogP contribution is -2.59. The number of aliphatic hydroxyl groups excluding tert-OH is 1. The van der Waals surface area contributed by atoms with Crippen molar-refractivity contribution in [2.24, 2.45) is 5.92 Å². The van der Waals surface area contributed by atoms with E-state index in [9.17, 15) is 33.9 Å². The number of aromatic amines is 1. The lowest BCUT2D eigenvalue weighted by molar-refractivity contribution is -0.142. The van der Waals surface area contributed by atoms with Crippen molar-refractivity contribution in [2.75, 3.05) is 19.7 Å². The van der Waals surface area contributed by atoms with Crippen LogP contribution in [0.1, 0.15) is 75.7 Å².